The van der Waals surface area contributed by atoms with Gasteiger partial charge in [-0.15, -0.1) is 0 Å². The maximum Gasteiger partial charge on any atom is 0.241 e. The molecule has 1 aliphatic rings. The van der Waals surface area contributed by atoms with Crippen molar-refractivity contribution < 1.29 is 14.3 Å². The maximum atomic E-state index is 12.5. The lowest BCUT2D eigenvalue weighted by atomic mass is 9.84. The van der Waals surface area contributed by atoms with E-state index in [9.17, 15) is 9.59 Å². The van der Waals surface area contributed by atoms with Crippen LogP contribution in [-0.2, 0) is 14.3 Å². The van der Waals surface area contributed by atoms with Gasteiger partial charge in [0.25, 0.3) is 0 Å². The van der Waals surface area contributed by atoms with Crippen molar-refractivity contribution in [3.8, 4) is 0 Å². The Balaban J connectivity index is 2.55. The molecule has 1 rings (SSSR count). The van der Waals surface area contributed by atoms with Gasteiger partial charge in [-0.1, -0.05) is 6.92 Å². The third-order valence-corrected chi connectivity index (χ3v) is 4.43. The second-order valence-corrected chi connectivity index (χ2v) is 6.37. The summed E-state index contributed by atoms with van der Waals surface area (Å²) < 4.78 is 5.06. The fourth-order valence-corrected chi connectivity index (χ4v) is 2.78. The number of amides is 2. The molecule has 0 aromatic rings. The molecule has 0 saturated carbocycles. The highest BCUT2D eigenvalue weighted by atomic mass is 16.5. The number of nitrogens with one attached hydrogen (secondary N) is 1. The molecule has 0 radical (unpaired) electrons. The van der Waals surface area contributed by atoms with Gasteiger partial charge in [-0.05, 0) is 37.8 Å². The summed E-state index contributed by atoms with van der Waals surface area (Å²) in [5, 5.41) is 3.35. The molecule has 0 aromatic heterocycles. The average molecular weight is 313 g/mol. The fraction of sp³-hybridized carbons (Fsp3) is 0.875. The molecule has 128 valence electrons. The van der Waals surface area contributed by atoms with Crippen molar-refractivity contribution >= 4 is 11.8 Å². The van der Waals surface area contributed by atoms with E-state index in [-0.39, 0.29) is 18.4 Å². The normalized spacial score (nSPS) is 17.1. The first-order valence-corrected chi connectivity index (χ1v) is 8.13. The Bertz CT molecular complexity index is 355. The highest BCUT2D eigenvalue weighted by Crippen LogP contribution is 2.24. The number of piperidine rings is 1. The first-order valence-electron chi connectivity index (χ1n) is 8.13. The van der Waals surface area contributed by atoms with E-state index in [0.29, 0.717) is 31.4 Å². The second kappa shape index (κ2) is 9.79. The number of carbonyl (C=O) groups is 2. The summed E-state index contributed by atoms with van der Waals surface area (Å²) in [6.45, 7) is 5.28. The van der Waals surface area contributed by atoms with Crippen LogP contribution < -0.4 is 5.32 Å². The third kappa shape index (κ3) is 6.32. The maximum absolute atomic E-state index is 12.5. The topological polar surface area (TPSA) is 61.9 Å². The summed E-state index contributed by atoms with van der Waals surface area (Å²) in [5.41, 5.74) is 0. The Morgan fingerprint density at radius 3 is 2.41 bits per heavy atom. The lowest BCUT2D eigenvalue weighted by Crippen LogP contribution is -2.43. The summed E-state index contributed by atoms with van der Waals surface area (Å²) in [5.74, 6) is 0.949. The molecule has 6 heteroatoms. The highest BCUT2D eigenvalue weighted by molar-refractivity contribution is 5.84. The molecule has 1 N–H and O–H groups in total. The minimum atomic E-state index is -0.0565. The largest absolute Gasteiger partial charge is 0.383 e. The van der Waals surface area contributed by atoms with Crippen LogP contribution in [-0.4, -0.2) is 75.6 Å². The molecule has 1 atom stereocenters. The van der Waals surface area contributed by atoms with E-state index < -0.39 is 0 Å². The van der Waals surface area contributed by atoms with Gasteiger partial charge in [0, 0.05) is 34.2 Å². The molecule has 1 aliphatic heterocycles. The molecular weight excluding hydrogens is 282 g/mol. The minimum Gasteiger partial charge on any atom is -0.383 e. The smallest absolute Gasteiger partial charge is 0.241 e. The van der Waals surface area contributed by atoms with Gasteiger partial charge < -0.3 is 19.9 Å². The number of ether oxygens (including phenoxy) is 1. The van der Waals surface area contributed by atoms with Gasteiger partial charge in [-0.3, -0.25) is 9.59 Å². The standard InChI is InChI=1S/C16H31N3O3/c1-13(14-5-7-17-8-6-14)11-15(20)19(9-10-22-4)12-16(21)18(2)3/h13-14,17H,5-12H2,1-4H3. The molecule has 6 nitrogen and oxygen atoms in total. The molecule has 1 unspecified atom stereocenters. The lowest BCUT2D eigenvalue weighted by Gasteiger charge is -2.30. The molecule has 22 heavy (non-hydrogen) atoms. The van der Waals surface area contributed by atoms with Crippen LogP contribution in [0.25, 0.3) is 0 Å². The number of methoxy groups -OCH3 is 1. The van der Waals surface area contributed by atoms with Crippen molar-refractivity contribution in [3.63, 3.8) is 0 Å². The molecule has 1 fully saturated rings. The Morgan fingerprint density at radius 2 is 1.86 bits per heavy atom. The van der Waals surface area contributed by atoms with Crippen LogP contribution in [0.5, 0.6) is 0 Å². The van der Waals surface area contributed by atoms with E-state index in [1.807, 2.05) is 0 Å². The first kappa shape index (κ1) is 18.9. The molecule has 0 spiro atoms. The first-order chi connectivity index (χ1) is 10.5. The summed E-state index contributed by atoms with van der Waals surface area (Å²) in [7, 11) is 5.02. The Kier molecular flexibility index (Phi) is 8.42. The van der Waals surface area contributed by atoms with Crippen LogP contribution >= 0.6 is 0 Å². The van der Waals surface area contributed by atoms with E-state index in [1.54, 1.807) is 26.1 Å². The van der Waals surface area contributed by atoms with Gasteiger partial charge in [-0.2, -0.15) is 0 Å². The minimum absolute atomic E-state index is 0.0540. The Labute approximate surface area is 134 Å². The van der Waals surface area contributed by atoms with Gasteiger partial charge in [0.1, 0.15) is 0 Å². The molecule has 0 bridgehead atoms. The number of rotatable bonds is 8. The summed E-state index contributed by atoms with van der Waals surface area (Å²) in [4.78, 5) is 27.6. The molecular formula is C16H31N3O3. The van der Waals surface area contributed by atoms with Crippen LogP contribution in [0.2, 0.25) is 0 Å². The summed E-state index contributed by atoms with van der Waals surface area (Å²) >= 11 is 0. The average Bonchev–Trinajstić information content (AvgIpc) is 2.51. The second-order valence-electron chi connectivity index (χ2n) is 6.37. The van der Waals surface area contributed by atoms with Crippen LogP contribution in [0.1, 0.15) is 26.2 Å². The van der Waals surface area contributed by atoms with Gasteiger partial charge >= 0.3 is 0 Å². The van der Waals surface area contributed by atoms with E-state index in [2.05, 4.69) is 12.2 Å². The Hall–Kier alpha value is -1.14. The van der Waals surface area contributed by atoms with Crippen LogP contribution in [0.15, 0.2) is 0 Å². The van der Waals surface area contributed by atoms with Gasteiger partial charge in [-0.25, -0.2) is 0 Å². The zero-order chi connectivity index (χ0) is 16.5. The summed E-state index contributed by atoms with van der Waals surface area (Å²) in [6.07, 6.45) is 2.77. The van der Waals surface area contributed by atoms with Crippen LogP contribution in [0.4, 0.5) is 0 Å². The van der Waals surface area contributed by atoms with Crippen molar-refractivity contribution in [3.05, 3.63) is 0 Å². The molecule has 1 heterocycles. The SMILES string of the molecule is COCCN(CC(=O)N(C)C)C(=O)CC(C)C1CCNCC1. The zero-order valence-electron chi connectivity index (χ0n) is 14.4. The number of carbonyl (C=O) groups excluding carboxylic acids is 2. The lowest BCUT2D eigenvalue weighted by molar-refractivity contribution is -0.140. The predicted molar refractivity (Wildman–Crippen MR) is 86.5 cm³/mol. The number of nitrogens with zero attached hydrogens (tertiary/aromatic N) is 2. The van der Waals surface area contributed by atoms with E-state index >= 15 is 0 Å². The van der Waals surface area contributed by atoms with Crippen LogP contribution in [0.3, 0.4) is 0 Å². The van der Waals surface area contributed by atoms with E-state index in [4.69, 9.17) is 4.74 Å². The number of hydrogen-bond acceptors (Lipinski definition) is 4. The highest BCUT2D eigenvalue weighted by Gasteiger charge is 2.25. The fourth-order valence-electron chi connectivity index (χ4n) is 2.78. The molecule has 2 amide bonds. The van der Waals surface area contributed by atoms with Gasteiger partial charge in [0.05, 0.1) is 13.2 Å². The monoisotopic (exact) mass is 313 g/mol. The van der Waals surface area contributed by atoms with Crippen molar-refractivity contribution in [2.75, 3.05) is 54.0 Å². The van der Waals surface area contributed by atoms with Crippen molar-refractivity contribution in [2.24, 2.45) is 11.8 Å². The van der Waals surface area contributed by atoms with Crippen molar-refractivity contribution in [1.82, 2.24) is 15.1 Å². The number of hydrogen-bond donors (Lipinski definition) is 1. The molecule has 1 saturated heterocycles. The zero-order valence-corrected chi connectivity index (χ0v) is 14.4. The van der Waals surface area contributed by atoms with E-state index in [0.717, 1.165) is 25.9 Å². The van der Waals surface area contributed by atoms with Crippen molar-refractivity contribution in [2.45, 2.75) is 26.2 Å². The Morgan fingerprint density at radius 1 is 1.23 bits per heavy atom. The van der Waals surface area contributed by atoms with Crippen LogP contribution in [0, 0.1) is 11.8 Å². The summed E-state index contributed by atoms with van der Waals surface area (Å²) in [6, 6.07) is 0. The third-order valence-electron chi connectivity index (χ3n) is 4.43. The molecule has 0 aromatic carbocycles. The van der Waals surface area contributed by atoms with Gasteiger partial charge in [0.2, 0.25) is 11.8 Å². The van der Waals surface area contributed by atoms with Crippen molar-refractivity contribution in [1.29, 1.82) is 0 Å². The van der Waals surface area contributed by atoms with Gasteiger partial charge in [0.15, 0.2) is 0 Å². The van der Waals surface area contributed by atoms with E-state index in [1.165, 1.54) is 4.90 Å². The predicted octanol–water partition coefficient (Wildman–Crippen LogP) is 0.575. The molecule has 0 aliphatic carbocycles. The number of likely N-dealkylation sites (N-methyl/N-ethyl adjacent to an activating group) is 1. The quantitative estimate of drug-likeness (QED) is 0.712.